The lowest BCUT2D eigenvalue weighted by Gasteiger charge is -2.29. The van der Waals surface area contributed by atoms with Gasteiger partial charge in [0.1, 0.15) is 11.3 Å². The molecular formula is C23H29N5O2. The second kappa shape index (κ2) is 8.28. The topological polar surface area (TPSA) is 107 Å². The quantitative estimate of drug-likeness (QED) is 0.485. The van der Waals surface area contributed by atoms with Gasteiger partial charge in [0.15, 0.2) is 5.65 Å². The Bertz CT molecular complexity index is 1210. The highest BCUT2D eigenvalue weighted by Crippen LogP contribution is 2.23. The number of amides is 1. The molecule has 0 aliphatic rings. The van der Waals surface area contributed by atoms with Crippen LogP contribution in [-0.2, 0) is 4.79 Å². The highest BCUT2D eigenvalue weighted by atomic mass is 16.3. The number of aryl methyl sites for hydroxylation is 1. The molecule has 0 aromatic carbocycles. The maximum atomic E-state index is 12.8. The van der Waals surface area contributed by atoms with Gasteiger partial charge in [0.2, 0.25) is 0 Å². The summed E-state index contributed by atoms with van der Waals surface area (Å²) in [6, 6.07) is 3.48. The first-order valence-corrected chi connectivity index (χ1v) is 9.93. The minimum Gasteiger partial charge on any atom is -0.394 e. The van der Waals surface area contributed by atoms with E-state index in [9.17, 15) is 9.90 Å². The molecule has 0 bridgehead atoms. The van der Waals surface area contributed by atoms with Gasteiger partial charge in [-0.25, -0.2) is 9.97 Å². The summed E-state index contributed by atoms with van der Waals surface area (Å²) in [5.74, 6) is 0.555. The Balaban J connectivity index is 1.97. The van der Waals surface area contributed by atoms with E-state index in [-0.39, 0.29) is 24.0 Å². The van der Waals surface area contributed by atoms with Crippen molar-refractivity contribution < 1.29 is 9.90 Å². The number of H-pyrrole nitrogens is 2. The number of aliphatic hydroxyl groups excluding tert-OH is 1. The number of allylic oxidation sites excluding steroid dienone is 1. The molecule has 30 heavy (non-hydrogen) atoms. The zero-order chi connectivity index (χ0) is 22.1. The maximum absolute atomic E-state index is 12.8. The van der Waals surface area contributed by atoms with Crippen LogP contribution in [0.1, 0.15) is 33.5 Å². The summed E-state index contributed by atoms with van der Waals surface area (Å²) < 4.78 is 0. The van der Waals surface area contributed by atoms with Gasteiger partial charge in [-0.3, -0.25) is 4.79 Å². The van der Waals surface area contributed by atoms with E-state index in [2.05, 4.69) is 31.8 Å². The summed E-state index contributed by atoms with van der Waals surface area (Å²) in [7, 11) is 0. The van der Waals surface area contributed by atoms with Crippen LogP contribution in [0.2, 0.25) is 0 Å². The zero-order valence-electron chi connectivity index (χ0n) is 18.1. The van der Waals surface area contributed by atoms with Crippen molar-refractivity contribution in [3.8, 4) is 11.3 Å². The Labute approximate surface area is 175 Å². The molecule has 1 unspecified atom stereocenters. The fourth-order valence-electron chi connectivity index (χ4n) is 3.24. The number of hydrogen-bond donors (Lipinski definition) is 4. The largest absolute Gasteiger partial charge is 0.394 e. The van der Waals surface area contributed by atoms with Crippen LogP contribution >= 0.6 is 0 Å². The van der Waals surface area contributed by atoms with Crippen LogP contribution in [0, 0.1) is 12.3 Å². The monoisotopic (exact) mass is 407 g/mol. The fraction of sp³-hybridized carbons (Fsp3) is 0.348. The minimum absolute atomic E-state index is 0.124. The van der Waals surface area contributed by atoms with Gasteiger partial charge in [-0.2, -0.15) is 0 Å². The number of imidazole rings is 1. The van der Waals surface area contributed by atoms with E-state index >= 15 is 0 Å². The molecule has 1 amide bonds. The van der Waals surface area contributed by atoms with E-state index in [1.54, 1.807) is 18.3 Å². The van der Waals surface area contributed by atoms with E-state index in [4.69, 9.17) is 0 Å². The predicted molar refractivity (Wildman–Crippen MR) is 120 cm³/mol. The van der Waals surface area contributed by atoms with Gasteiger partial charge in [-0.1, -0.05) is 33.4 Å². The summed E-state index contributed by atoms with van der Waals surface area (Å²) in [5.41, 5.74) is 3.50. The first-order valence-electron chi connectivity index (χ1n) is 9.93. The number of aliphatic hydroxyl groups is 1. The average molecular weight is 408 g/mol. The number of carbonyl (C=O) groups excluding carboxylic acids is 1. The maximum Gasteiger partial charge on any atom is 0.251 e. The molecule has 0 fully saturated rings. The van der Waals surface area contributed by atoms with Crippen molar-refractivity contribution in [2.75, 3.05) is 6.61 Å². The van der Waals surface area contributed by atoms with Crippen molar-refractivity contribution in [2.45, 2.75) is 40.7 Å². The number of nitrogens with one attached hydrogen (secondary N) is 3. The van der Waals surface area contributed by atoms with Crippen molar-refractivity contribution in [1.29, 1.82) is 0 Å². The van der Waals surface area contributed by atoms with Gasteiger partial charge in [-0.15, -0.1) is 0 Å². The number of carbonyl (C=O) groups is 1. The van der Waals surface area contributed by atoms with Crippen LogP contribution in [0.3, 0.4) is 0 Å². The van der Waals surface area contributed by atoms with Gasteiger partial charge < -0.3 is 20.4 Å². The average Bonchev–Trinajstić information content (AvgIpc) is 3.24. The second-order valence-electron chi connectivity index (χ2n) is 8.46. The fourth-order valence-corrected chi connectivity index (χ4v) is 3.24. The summed E-state index contributed by atoms with van der Waals surface area (Å²) in [6.07, 6.45) is 5.25. The molecule has 3 aromatic heterocycles. The highest BCUT2D eigenvalue weighted by Gasteiger charge is 2.26. The molecule has 158 valence electrons. The van der Waals surface area contributed by atoms with Gasteiger partial charge in [0.25, 0.3) is 5.91 Å². The third-order valence-electron chi connectivity index (χ3n) is 5.13. The number of rotatable bonds is 5. The molecule has 7 heteroatoms. The lowest BCUT2D eigenvalue weighted by molar-refractivity contribution is -0.118. The summed E-state index contributed by atoms with van der Waals surface area (Å²) in [5, 5.41) is 14.1. The van der Waals surface area contributed by atoms with Crippen LogP contribution in [0.5, 0.6) is 0 Å². The van der Waals surface area contributed by atoms with Gasteiger partial charge in [-0.05, 0) is 42.7 Å². The SMILES string of the molecule is C=c1cc(-c2ccnc3[nH]c(C)nc23)[nH]/c1=C/C(=C\C)C(=O)NC(CO)C(C)(C)C. The Morgan fingerprint density at radius 3 is 2.73 bits per heavy atom. The molecule has 0 aliphatic carbocycles. The van der Waals surface area contributed by atoms with Gasteiger partial charge >= 0.3 is 0 Å². The predicted octanol–water partition coefficient (Wildman–Crippen LogP) is 1.92. The number of pyridine rings is 1. The smallest absolute Gasteiger partial charge is 0.251 e. The van der Waals surface area contributed by atoms with Crippen LogP contribution < -0.4 is 15.9 Å². The van der Waals surface area contributed by atoms with Crippen LogP contribution in [0.15, 0.2) is 30.0 Å². The second-order valence-corrected chi connectivity index (χ2v) is 8.46. The van der Waals surface area contributed by atoms with Crippen molar-refractivity contribution in [3.63, 3.8) is 0 Å². The molecule has 7 nitrogen and oxygen atoms in total. The summed E-state index contributed by atoms with van der Waals surface area (Å²) in [6.45, 7) is 13.6. The minimum atomic E-state index is -0.347. The normalized spacial score (nSPS) is 14.3. The molecule has 0 saturated carbocycles. The van der Waals surface area contributed by atoms with E-state index in [0.29, 0.717) is 5.57 Å². The highest BCUT2D eigenvalue weighted by molar-refractivity contribution is 6.01. The number of hydrogen-bond acceptors (Lipinski definition) is 4. The number of fused-ring (bicyclic) bond motifs is 1. The number of nitrogens with zero attached hydrogens (tertiary/aromatic N) is 2. The molecule has 0 radical (unpaired) electrons. The molecule has 0 saturated heterocycles. The first-order chi connectivity index (χ1) is 14.1. The number of aromatic amines is 2. The van der Waals surface area contributed by atoms with Crippen LogP contribution in [0.25, 0.3) is 35.1 Å². The standard InChI is InChI=1S/C23H29N5O2/c1-7-15(22(30)28-19(12-29)23(4,5)6)11-17-13(2)10-18(27-17)16-8-9-24-21-20(16)25-14(3)26-21/h7-11,19,27,29H,2,12H2,1,3-6H3,(H,28,30)(H,24,25,26)/b15-7+,17-11+. The molecule has 0 aliphatic heterocycles. The first kappa shape index (κ1) is 21.5. The summed E-state index contributed by atoms with van der Waals surface area (Å²) >= 11 is 0. The van der Waals surface area contributed by atoms with E-state index in [1.807, 2.05) is 46.8 Å². The van der Waals surface area contributed by atoms with Crippen LogP contribution in [-0.4, -0.2) is 43.6 Å². The third kappa shape index (κ3) is 4.36. The van der Waals surface area contributed by atoms with E-state index in [0.717, 1.165) is 38.8 Å². The summed E-state index contributed by atoms with van der Waals surface area (Å²) in [4.78, 5) is 28.1. The lowest BCUT2D eigenvalue weighted by Crippen LogP contribution is -2.46. The molecule has 3 rings (SSSR count). The molecule has 0 spiro atoms. The van der Waals surface area contributed by atoms with E-state index < -0.39 is 0 Å². The Morgan fingerprint density at radius 2 is 2.10 bits per heavy atom. The van der Waals surface area contributed by atoms with Gasteiger partial charge in [0.05, 0.1) is 12.6 Å². The Hall–Kier alpha value is -3.19. The van der Waals surface area contributed by atoms with Gasteiger partial charge in [0, 0.05) is 28.4 Å². The third-order valence-corrected chi connectivity index (χ3v) is 5.13. The van der Waals surface area contributed by atoms with E-state index in [1.165, 1.54) is 0 Å². The van der Waals surface area contributed by atoms with Crippen molar-refractivity contribution in [2.24, 2.45) is 5.41 Å². The Morgan fingerprint density at radius 1 is 1.37 bits per heavy atom. The molecular weight excluding hydrogens is 378 g/mol. The number of aromatic nitrogens is 4. The molecule has 3 heterocycles. The molecule has 1 atom stereocenters. The Kier molecular flexibility index (Phi) is 5.94. The van der Waals surface area contributed by atoms with Crippen molar-refractivity contribution in [1.82, 2.24) is 25.3 Å². The molecule has 4 N–H and O–H groups in total. The lowest BCUT2D eigenvalue weighted by atomic mass is 9.87. The van der Waals surface area contributed by atoms with Crippen LogP contribution in [0.4, 0.5) is 0 Å². The molecule has 3 aromatic rings. The van der Waals surface area contributed by atoms with Crippen molar-refractivity contribution >= 4 is 29.7 Å². The van der Waals surface area contributed by atoms with Crippen molar-refractivity contribution in [3.05, 3.63) is 46.4 Å². The zero-order valence-corrected chi connectivity index (χ0v) is 18.1.